The Balaban J connectivity index is 1.87. The molecule has 0 heterocycles. The molecule has 1 rings (SSSR count). The molecule has 0 saturated heterocycles. The highest BCUT2D eigenvalue weighted by Gasteiger charge is 2.01. The van der Waals surface area contributed by atoms with Crippen LogP contribution in [0.4, 0.5) is 0 Å². The van der Waals surface area contributed by atoms with Crippen LogP contribution in [0.5, 0.6) is 11.5 Å². The molecule has 1 aromatic rings. The zero-order valence-electron chi connectivity index (χ0n) is 15.3. The number of phenols is 1. The Morgan fingerprint density at radius 3 is 1.87 bits per heavy atom. The third-order valence-electron chi connectivity index (χ3n) is 4.37. The minimum Gasteiger partial charge on any atom is -0.504 e. The summed E-state index contributed by atoms with van der Waals surface area (Å²) in [5.74, 6) is 0.864. The molecule has 0 amide bonds. The minimum atomic E-state index is 0.245. The van der Waals surface area contributed by atoms with E-state index in [-0.39, 0.29) is 5.75 Å². The molecule has 0 aliphatic carbocycles. The van der Waals surface area contributed by atoms with Crippen LogP contribution in [0.25, 0.3) is 0 Å². The lowest BCUT2D eigenvalue weighted by Gasteiger charge is -2.08. The van der Waals surface area contributed by atoms with Gasteiger partial charge in [-0.15, -0.1) is 0 Å². The molecule has 0 unspecified atom stereocenters. The number of aromatic hydroxyl groups is 1. The van der Waals surface area contributed by atoms with Gasteiger partial charge in [-0.1, -0.05) is 83.6 Å². The molecule has 2 heteroatoms. The van der Waals surface area contributed by atoms with Crippen LogP contribution < -0.4 is 4.74 Å². The lowest BCUT2D eigenvalue weighted by Crippen LogP contribution is -1.97. The second-order valence-corrected chi connectivity index (χ2v) is 6.71. The zero-order chi connectivity index (χ0) is 16.8. The summed E-state index contributed by atoms with van der Waals surface area (Å²) in [7, 11) is 0. The van der Waals surface area contributed by atoms with E-state index in [1.54, 1.807) is 6.07 Å². The third-order valence-corrected chi connectivity index (χ3v) is 4.37. The van der Waals surface area contributed by atoms with E-state index >= 15 is 0 Å². The molecule has 1 aromatic carbocycles. The summed E-state index contributed by atoms with van der Waals surface area (Å²) in [6.07, 6.45) is 16.2. The van der Waals surface area contributed by atoms with Crippen LogP contribution in [-0.2, 0) is 0 Å². The van der Waals surface area contributed by atoms with Gasteiger partial charge in [-0.3, -0.25) is 0 Å². The Morgan fingerprint density at radius 1 is 0.783 bits per heavy atom. The number of benzene rings is 1. The smallest absolute Gasteiger partial charge is 0.161 e. The number of hydrogen-bond acceptors (Lipinski definition) is 2. The van der Waals surface area contributed by atoms with Crippen LogP contribution in [0.15, 0.2) is 18.2 Å². The van der Waals surface area contributed by atoms with E-state index in [4.69, 9.17) is 4.74 Å². The predicted molar refractivity (Wildman–Crippen MR) is 99.4 cm³/mol. The maximum atomic E-state index is 9.70. The summed E-state index contributed by atoms with van der Waals surface area (Å²) in [4.78, 5) is 0. The molecule has 132 valence electrons. The topological polar surface area (TPSA) is 29.5 Å². The van der Waals surface area contributed by atoms with Gasteiger partial charge in [-0.2, -0.15) is 0 Å². The molecule has 0 aliphatic rings. The average molecular weight is 321 g/mol. The molecular weight excluding hydrogens is 284 g/mol. The number of phenolic OH excluding ortho intramolecular Hbond substituents is 1. The van der Waals surface area contributed by atoms with E-state index in [9.17, 15) is 5.11 Å². The monoisotopic (exact) mass is 320 g/mol. The molecule has 0 aromatic heterocycles. The van der Waals surface area contributed by atoms with E-state index in [2.05, 4.69) is 6.92 Å². The fraction of sp³-hybridized carbons (Fsp3) is 0.714. The highest BCUT2D eigenvalue weighted by molar-refractivity contribution is 5.41. The lowest BCUT2D eigenvalue weighted by atomic mass is 10.1. The summed E-state index contributed by atoms with van der Waals surface area (Å²) >= 11 is 0. The third kappa shape index (κ3) is 10.3. The second-order valence-electron chi connectivity index (χ2n) is 6.71. The van der Waals surface area contributed by atoms with Gasteiger partial charge in [0.25, 0.3) is 0 Å². The summed E-state index contributed by atoms with van der Waals surface area (Å²) in [6, 6.07) is 5.49. The molecular formula is C21H36O2. The van der Waals surface area contributed by atoms with E-state index in [1.165, 1.54) is 70.6 Å². The van der Waals surface area contributed by atoms with E-state index in [1.807, 2.05) is 19.1 Å². The van der Waals surface area contributed by atoms with Crippen molar-refractivity contribution in [2.24, 2.45) is 0 Å². The van der Waals surface area contributed by atoms with Gasteiger partial charge >= 0.3 is 0 Å². The van der Waals surface area contributed by atoms with Crippen molar-refractivity contribution >= 4 is 0 Å². The fourth-order valence-corrected chi connectivity index (χ4v) is 2.86. The summed E-state index contributed by atoms with van der Waals surface area (Å²) in [6.45, 7) is 4.99. The van der Waals surface area contributed by atoms with Gasteiger partial charge in [-0.25, -0.2) is 0 Å². The Kier molecular flexibility index (Phi) is 11.5. The zero-order valence-corrected chi connectivity index (χ0v) is 15.3. The highest BCUT2D eigenvalue weighted by Crippen LogP contribution is 2.26. The Bertz CT molecular complexity index is 401. The minimum absolute atomic E-state index is 0.245. The summed E-state index contributed by atoms with van der Waals surface area (Å²) in [5, 5.41) is 9.70. The first-order valence-corrected chi connectivity index (χ1v) is 9.66. The van der Waals surface area contributed by atoms with Crippen LogP contribution in [0.1, 0.15) is 89.5 Å². The van der Waals surface area contributed by atoms with Crippen molar-refractivity contribution in [2.75, 3.05) is 6.61 Å². The number of hydrogen-bond donors (Lipinski definition) is 1. The molecule has 1 N–H and O–H groups in total. The Morgan fingerprint density at radius 2 is 1.30 bits per heavy atom. The first kappa shape index (κ1) is 19.9. The molecule has 0 atom stereocenters. The van der Waals surface area contributed by atoms with Gasteiger partial charge in [-0.05, 0) is 31.0 Å². The number of rotatable bonds is 14. The first-order chi connectivity index (χ1) is 11.2. The number of aryl methyl sites for hydroxylation is 1. The second kappa shape index (κ2) is 13.3. The quantitative estimate of drug-likeness (QED) is 0.383. The van der Waals surface area contributed by atoms with Gasteiger partial charge in [0.2, 0.25) is 0 Å². The van der Waals surface area contributed by atoms with Crippen molar-refractivity contribution in [3.8, 4) is 11.5 Å². The molecule has 0 radical (unpaired) electrons. The normalized spacial score (nSPS) is 10.9. The van der Waals surface area contributed by atoms with Crippen molar-refractivity contribution in [2.45, 2.75) is 90.9 Å². The van der Waals surface area contributed by atoms with Gasteiger partial charge in [0.05, 0.1) is 6.61 Å². The van der Waals surface area contributed by atoms with Crippen LogP contribution in [0, 0.1) is 6.92 Å². The van der Waals surface area contributed by atoms with Gasteiger partial charge in [0.1, 0.15) is 0 Å². The van der Waals surface area contributed by atoms with E-state index in [0.29, 0.717) is 12.4 Å². The lowest BCUT2D eigenvalue weighted by molar-refractivity contribution is 0.288. The summed E-state index contributed by atoms with van der Waals surface area (Å²) in [5.41, 5.74) is 1.12. The molecule has 0 fully saturated rings. The van der Waals surface area contributed by atoms with Crippen molar-refractivity contribution < 1.29 is 9.84 Å². The van der Waals surface area contributed by atoms with Crippen LogP contribution in [0.2, 0.25) is 0 Å². The van der Waals surface area contributed by atoms with Crippen molar-refractivity contribution in [3.05, 3.63) is 23.8 Å². The Hall–Kier alpha value is -1.18. The molecule has 0 spiro atoms. The van der Waals surface area contributed by atoms with Crippen molar-refractivity contribution in [3.63, 3.8) is 0 Å². The summed E-state index contributed by atoms with van der Waals surface area (Å²) < 4.78 is 5.66. The number of ether oxygens (including phenoxy) is 1. The van der Waals surface area contributed by atoms with E-state index in [0.717, 1.165) is 12.0 Å². The molecule has 0 bridgehead atoms. The molecule has 0 saturated carbocycles. The standard InChI is InChI=1S/C21H36O2/c1-3-4-5-6-7-8-9-10-11-12-13-14-17-23-21-18-19(2)15-16-20(21)22/h15-16,18,22H,3-14,17H2,1-2H3. The van der Waals surface area contributed by atoms with Gasteiger partial charge in [0.15, 0.2) is 11.5 Å². The SMILES string of the molecule is CCCCCCCCCCCCCCOc1cc(C)ccc1O. The van der Waals surface area contributed by atoms with Gasteiger partial charge < -0.3 is 9.84 Å². The molecule has 2 nitrogen and oxygen atoms in total. The number of unbranched alkanes of at least 4 members (excludes halogenated alkanes) is 11. The van der Waals surface area contributed by atoms with E-state index < -0.39 is 0 Å². The molecule has 0 aliphatic heterocycles. The van der Waals surface area contributed by atoms with Crippen molar-refractivity contribution in [1.29, 1.82) is 0 Å². The van der Waals surface area contributed by atoms with Crippen LogP contribution >= 0.6 is 0 Å². The first-order valence-electron chi connectivity index (χ1n) is 9.66. The highest BCUT2D eigenvalue weighted by atomic mass is 16.5. The largest absolute Gasteiger partial charge is 0.504 e. The van der Waals surface area contributed by atoms with Crippen molar-refractivity contribution in [1.82, 2.24) is 0 Å². The Labute approximate surface area is 143 Å². The molecule has 23 heavy (non-hydrogen) atoms. The fourth-order valence-electron chi connectivity index (χ4n) is 2.86. The van der Waals surface area contributed by atoms with Crippen LogP contribution in [-0.4, -0.2) is 11.7 Å². The predicted octanol–water partition coefficient (Wildman–Crippen LogP) is 6.78. The van der Waals surface area contributed by atoms with Crippen LogP contribution in [0.3, 0.4) is 0 Å². The maximum absolute atomic E-state index is 9.70. The maximum Gasteiger partial charge on any atom is 0.161 e. The van der Waals surface area contributed by atoms with Gasteiger partial charge in [0, 0.05) is 0 Å². The average Bonchev–Trinajstić information content (AvgIpc) is 2.55.